The normalized spacial score (nSPS) is 25.1. The predicted molar refractivity (Wildman–Crippen MR) is 53.7 cm³/mol. The fourth-order valence-electron chi connectivity index (χ4n) is 2.31. The van der Waals surface area contributed by atoms with E-state index in [9.17, 15) is 13.9 Å². The maximum Gasteiger partial charge on any atom is 0.132 e. The Bertz CT molecular complexity index is 401. The van der Waals surface area contributed by atoms with E-state index in [0.29, 0.717) is 18.4 Å². The van der Waals surface area contributed by atoms with Gasteiger partial charge in [-0.1, -0.05) is 6.92 Å². The van der Waals surface area contributed by atoms with Gasteiger partial charge in [0, 0.05) is 5.56 Å². The average Bonchev–Trinajstić information content (AvgIpc) is 2.18. The zero-order valence-electron chi connectivity index (χ0n) is 8.85. The van der Waals surface area contributed by atoms with Gasteiger partial charge in [-0.3, -0.25) is 0 Å². The Balaban J connectivity index is 2.71. The second kappa shape index (κ2) is 3.56. The number of aryl methyl sites for hydroxylation is 1. The molecule has 2 rings (SSSR count). The number of rotatable bonds is 0. The quantitative estimate of drug-likeness (QED) is 0.700. The van der Waals surface area contributed by atoms with Crippen molar-refractivity contribution < 1.29 is 13.9 Å². The summed E-state index contributed by atoms with van der Waals surface area (Å²) < 4.78 is 27.4. The molecule has 1 unspecified atom stereocenters. The van der Waals surface area contributed by atoms with Crippen molar-refractivity contribution >= 4 is 0 Å². The molecule has 0 aromatic heterocycles. The van der Waals surface area contributed by atoms with E-state index in [1.54, 1.807) is 0 Å². The van der Waals surface area contributed by atoms with E-state index in [-0.39, 0.29) is 17.0 Å². The molecule has 3 heteroatoms. The molecule has 0 aliphatic heterocycles. The van der Waals surface area contributed by atoms with Gasteiger partial charge in [-0.15, -0.1) is 0 Å². The summed E-state index contributed by atoms with van der Waals surface area (Å²) >= 11 is 0. The van der Waals surface area contributed by atoms with Crippen LogP contribution in [0.3, 0.4) is 0 Å². The summed E-state index contributed by atoms with van der Waals surface area (Å²) in [6.45, 7) is 3.38. The maximum absolute atomic E-state index is 13.8. The van der Waals surface area contributed by atoms with Crippen LogP contribution < -0.4 is 0 Å². The van der Waals surface area contributed by atoms with Crippen molar-refractivity contribution in [2.75, 3.05) is 0 Å². The molecule has 0 amide bonds. The molecule has 15 heavy (non-hydrogen) atoms. The average molecular weight is 212 g/mol. The van der Waals surface area contributed by atoms with Crippen molar-refractivity contribution in [3.63, 3.8) is 0 Å². The Morgan fingerprint density at radius 3 is 2.60 bits per heavy atom. The third-order valence-electron chi connectivity index (χ3n) is 3.17. The molecule has 1 nitrogen and oxygen atoms in total. The van der Waals surface area contributed by atoms with Crippen LogP contribution in [-0.2, 0) is 0 Å². The van der Waals surface area contributed by atoms with E-state index in [1.807, 2.05) is 6.92 Å². The Morgan fingerprint density at radius 1 is 1.27 bits per heavy atom. The van der Waals surface area contributed by atoms with Crippen LogP contribution in [0.15, 0.2) is 6.07 Å². The Morgan fingerprint density at radius 2 is 1.93 bits per heavy atom. The molecule has 0 fully saturated rings. The molecule has 1 N–H and O–H groups in total. The first kappa shape index (κ1) is 10.6. The smallest absolute Gasteiger partial charge is 0.132 e. The molecule has 82 valence electrons. The molecule has 2 atom stereocenters. The van der Waals surface area contributed by atoms with Gasteiger partial charge in [-0.25, -0.2) is 8.78 Å². The van der Waals surface area contributed by atoms with Crippen LogP contribution in [-0.4, -0.2) is 5.11 Å². The summed E-state index contributed by atoms with van der Waals surface area (Å²) in [6.07, 6.45) is 0.354. The zero-order chi connectivity index (χ0) is 11.2. The number of benzene rings is 1. The number of hydrogen-bond donors (Lipinski definition) is 1. The van der Waals surface area contributed by atoms with Gasteiger partial charge < -0.3 is 5.11 Å². The highest BCUT2D eigenvalue weighted by molar-refractivity contribution is 5.40. The van der Waals surface area contributed by atoms with Crippen LogP contribution in [0, 0.1) is 18.6 Å². The van der Waals surface area contributed by atoms with Crippen LogP contribution in [0.2, 0.25) is 0 Å². The van der Waals surface area contributed by atoms with Gasteiger partial charge >= 0.3 is 0 Å². The van der Waals surface area contributed by atoms with E-state index in [0.717, 1.165) is 0 Å². The monoisotopic (exact) mass is 212 g/mol. The van der Waals surface area contributed by atoms with Crippen molar-refractivity contribution in [3.05, 3.63) is 34.4 Å². The number of fused-ring (bicyclic) bond motifs is 1. The van der Waals surface area contributed by atoms with E-state index in [2.05, 4.69) is 0 Å². The lowest BCUT2D eigenvalue weighted by atomic mass is 9.81. The van der Waals surface area contributed by atoms with Crippen LogP contribution >= 0.6 is 0 Å². The molecule has 0 spiro atoms. The third kappa shape index (κ3) is 1.55. The summed E-state index contributed by atoms with van der Waals surface area (Å²) in [7, 11) is 0. The number of aliphatic hydroxyl groups excluding tert-OH is 1. The van der Waals surface area contributed by atoms with Crippen LogP contribution in [0.1, 0.15) is 48.5 Å². The Labute approximate surface area is 87.7 Å². The topological polar surface area (TPSA) is 20.2 Å². The van der Waals surface area contributed by atoms with Gasteiger partial charge in [0.2, 0.25) is 0 Å². The zero-order valence-corrected chi connectivity index (χ0v) is 8.85. The lowest BCUT2D eigenvalue weighted by molar-refractivity contribution is 0.145. The largest absolute Gasteiger partial charge is 0.388 e. The van der Waals surface area contributed by atoms with Crippen molar-refractivity contribution in [2.45, 2.75) is 38.7 Å². The van der Waals surface area contributed by atoms with E-state index >= 15 is 0 Å². The first-order chi connectivity index (χ1) is 7.02. The molecule has 0 saturated carbocycles. The second-order valence-electron chi connectivity index (χ2n) is 4.31. The first-order valence-electron chi connectivity index (χ1n) is 5.18. The molecular weight excluding hydrogens is 198 g/mol. The standard InChI is InChI=1S/C12H14F2O/c1-6-3-4-9(15)11-10(6)8(13)5-7(2)12(11)14/h5-6,9,15H,3-4H2,1-2H3/t6?,9-/m1/s1. The molecule has 1 aliphatic carbocycles. The van der Waals surface area contributed by atoms with Crippen molar-refractivity contribution in [2.24, 2.45) is 0 Å². The molecule has 0 radical (unpaired) electrons. The number of hydrogen-bond acceptors (Lipinski definition) is 1. The van der Waals surface area contributed by atoms with Crippen LogP contribution in [0.5, 0.6) is 0 Å². The second-order valence-corrected chi connectivity index (χ2v) is 4.31. The first-order valence-corrected chi connectivity index (χ1v) is 5.18. The van der Waals surface area contributed by atoms with E-state index in [1.165, 1.54) is 13.0 Å². The minimum absolute atomic E-state index is 0.0153. The molecule has 1 aromatic carbocycles. The molecule has 0 bridgehead atoms. The van der Waals surface area contributed by atoms with Crippen LogP contribution in [0.4, 0.5) is 8.78 Å². The van der Waals surface area contributed by atoms with Crippen molar-refractivity contribution in [1.82, 2.24) is 0 Å². The molecular formula is C12H14F2O. The number of halogens is 2. The summed E-state index contributed by atoms with van der Waals surface area (Å²) in [5.74, 6) is -0.862. The third-order valence-corrected chi connectivity index (χ3v) is 3.17. The highest BCUT2D eigenvalue weighted by Crippen LogP contribution is 2.40. The van der Waals surface area contributed by atoms with Gasteiger partial charge in [0.1, 0.15) is 11.6 Å². The minimum atomic E-state index is -0.856. The molecule has 1 aliphatic rings. The minimum Gasteiger partial charge on any atom is -0.388 e. The fourth-order valence-corrected chi connectivity index (χ4v) is 2.31. The SMILES string of the molecule is Cc1cc(F)c2c(c1F)[C@H](O)CCC2C. The molecule has 0 saturated heterocycles. The Hall–Kier alpha value is -0.960. The molecule has 1 aromatic rings. The van der Waals surface area contributed by atoms with Crippen molar-refractivity contribution in [1.29, 1.82) is 0 Å². The Kier molecular flexibility index (Phi) is 2.51. The van der Waals surface area contributed by atoms with E-state index in [4.69, 9.17) is 0 Å². The number of aliphatic hydroxyl groups is 1. The lowest BCUT2D eigenvalue weighted by Gasteiger charge is -2.28. The van der Waals surface area contributed by atoms with Gasteiger partial charge in [-0.05, 0) is 42.9 Å². The summed E-state index contributed by atoms with van der Waals surface area (Å²) in [6, 6.07) is 1.21. The van der Waals surface area contributed by atoms with Crippen molar-refractivity contribution in [3.8, 4) is 0 Å². The predicted octanol–water partition coefficient (Wildman–Crippen LogP) is 3.20. The molecule has 0 heterocycles. The van der Waals surface area contributed by atoms with Crippen LogP contribution in [0.25, 0.3) is 0 Å². The van der Waals surface area contributed by atoms with Gasteiger partial charge in [0.05, 0.1) is 6.10 Å². The summed E-state index contributed by atoms with van der Waals surface area (Å²) in [5, 5.41) is 9.70. The summed E-state index contributed by atoms with van der Waals surface area (Å²) in [5.41, 5.74) is 0.794. The van der Waals surface area contributed by atoms with Gasteiger partial charge in [0.25, 0.3) is 0 Å². The van der Waals surface area contributed by atoms with E-state index < -0.39 is 17.7 Å². The van der Waals surface area contributed by atoms with Gasteiger partial charge in [-0.2, -0.15) is 0 Å². The highest BCUT2D eigenvalue weighted by atomic mass is 19.1. The fraction of sp³-hybridized carbons (Fsp3) is 0.500. The maximum atomic E-state index is 13.8. The highest BCUT2D eigenvalue weighted by Gasteiger charge is 2.30. The summed E-state index contributed by atoms with van der Waals surface area (Å²) in [4.78, 5) is 0. The van der Waals surface area contributed by atoms with Gasteiger partial charge in [0.15, 0.2) is 0 Å². The lowest BCUT2D eigenvalue weighted by Crippen LogP contribution is -2.17.